The highest BCUT2D eigenvalue weighted by Crippen LogP contribution is 2.27. The fraction of sp³-hybridized carbons (Fsp3) is 0.625. The number of rotatable bonds is 9. The lowest BCUT2D eigenvalue weighted by Gasteiger charge is -2.15. The molecule has 0 bridgehead atoms. The van der Waals surface area contributed by atoms with Gasteiger partial charge in [0.1, 0.15) is 5.75 Å². The summed E-state index contributed by atoms with van der Waals surface area (Å²) in [6.07, 6.45) is 2.57. The standard InChI is InChI=1S/C16H26BrNO2/c1-12(2)20-10-6-5-9-18-13(3)14-7-8-16(19-4)15(17)11-14/h7-8,11-13,18H,5-6,9-10H2,1-4H3. The minimum atomic E-state index is 0.332. The van der Waals surface area contributed by atoms with E-state index in [1.54, 1.807) is 7.11 Å². The first-order chi connectivity index (χ1) is 9.54. The molecule has 0 aromatic heterocycles. The van der Waals surface area contributed by atoms with Gasteiger partial charge in [-0.25, -0.2) is 0 Å². The van der Waals surface area contributed by atoms with Crippen LogP contribution in [0.3, 0.4) is 0 Å². The number of halogens is 1. The Kier molecular flexibility index (Phi) is 8.19. The molecule has 1 aromatic carbocycles. The van der Waals surface area contributed by atoms with E-state index in [2.05, 4.69) is 54.2 Å². The van der Waals surface area contributed by atoms with E-state index >= 15 is 0 Å². The van der Waals surface area contributed by atoms with Crippen LogP contribution >= 0.6 is 15.9 Å². The summed E-state index contributed by atoms with van der Waals surface area (Å²) in [5, 5.41) is 3.53. The highest BCUT2D eigenvalue weighted by Gasteiger charge is 2.07. The third-order valence-electron chi connectivity index (χ3n) is 3.15. The van der Waals surface area contributed by atoms with Crippen LogP contribution < -0.4 is 10.1 Å². The van der Waals surface area contributed by atoms with E-state index in [-0.39, 0.29) is 0 Å². The van der Waals surface area contributed by atoms with Gasteiger partial charge in [0.2, 0.25) is 0 Å². The summed E-state index contributed by atoms with van der Waals surface area (Å²) in [6.45, 7) is 8.18. The van der Waals surface area contributed by atoms with Crippen LogP contribution in [0.2, 0.25) is 0 Å². The molecular weight excluding hydrogens is 318 g/mol. The predicted molar refractivity (Wildman–Crippen MR) is 87.4 cm³/mol. The molecule has 3 nitrogen and oxygen atoms in total. The van der Waals surface area contributed by atoms with Crippen LogP contribution in [-0.4, -0.2) is 26.4 Å². The fourth-order valence-corrected chi connectivity index (χ4v) is 2.49. The zero-order chi connectivity index (χ0) is 15.0. The summed E-state index contributed by atoms with van der Waals surface area (Å²) in [5.41, 5.74) is 1.26. The third kappa shape index (κ3) is 6.25. The van der Waals surface area contributed by atoms with Crippen molar-refractivity contribution >= 4 is 15.9 Å². The second-order valence-electron chi connectivity index (χ2n) is 5.20. The molecule has 0 radical (unpaired) electrons. The van der Waals surface area contributed by atoms with Crippen molar-refractivity contribution in [3.8, 4) is 5.75 Å². The Morgan fingerprint density at radius 1 is 1.20 bits per heavy atom. The van der Waals surface area contributed by atoms with Crippen molar-refractivity contribution in [3.05, 3.63) is 28.2 Å². The molecule has 0 aliphatic carbocycles. The Morgan fingerprint density at radius 2 is 1.95 bits per heavy atom. The van der Waals surface area contributed by atoms with Crippen LogP contribution in [0, 0.1) is 0 Å². The maximum Gasteiger partial charge on any atom is 0.133 e. The molecule has 1 rings (SSSR count). The lowest BCUT2D eigenvalue weighted by Crippen LogP contribution is -2.20. The Balaban J connectivity index is 2.29. The van der Waals surface area contributed by atoms with Crippen LogP contribution in [0.5, 0.6) is 5.75 Å². The van der Waals surface area contributed by atoms with Crippen LogP contribution in [0.4, 0.5) is 0 Å². The molecule has 20 heavy (non-hydrogen) atoms. The van der Waals surface area contributed by atoms with Gasteiger partial charge in [-0.1, -0.05) is 6.07 Å². The predicted octanol–water partition coefficient (Wildman–Crippen LogP) is 4.31. The fourth-order valence-electron chi connectivity index (χ4n) is 1.93. The summed E-state index contributed by atoms with van der Waals surface area (Å²) in [5.74, 6) is 0.867. The zero-order valence-corrected chi connectivity index (χ0v) is 14.5. The van der Waals surface area contributed by atoms with E-state index in [4.69, 9.17) is 9.47 Å². The molecule has 0 spiro atoms. The molecule has 0 heterocycles. The smallest absolute Gasteiger partial charge is 0.133 e. The first-order valence-electron chi connectivity index (χ1n) is 7.23. The van der Waals surface area contributed by atoms with Crippen LogP contribution in [0.1, 0.15) is 45.2 Å². The molecule has 0 aliphatic rings. The van der Waals surface area contributed by atoms with Gasteiger partial charge in [0.25, 0.3) is 0 Å². The number of benzene rings is 1. The lowest BCUT2D eigenvalue weighted by molar-refractivity contribution is 0.0759. The summed E-state index contributed by atoms with van der Waals surface area (Å²) >= 11 is 3.52. The van der Waals surface area contributed by atoms with Gasteiger partial charge >= 0.3 is 0 Å². The number of methoxy groups -OCH3 is 1. The molecule has 4 heteroatoms. The van der Waals surface area contributed by atoms with Crippen LogP contribution in [0.25, 0.3) is 0 Å². The van der Waals surface area contributed by atoms with E-state index in [0.29, 0.717) is 12.1 Å². The molecule has 0 aliphatic heterocycles. The molecule has 0 saturated carbocycles. The van der Waals surface area contributed by atoms with E-state index in [1.807, 2.05) is 6.07 Å². The van der Waals surface area contributed by atoms with Gasteiger partial charge < -0.3 is 14.8 Å². The van der Waals surface area contributed by atoms with Crippen molar-refractivity contribution in [2.24, 2.45) is 0 Å². The topological polar surface area (TPSA) is 30.5 Å². The summed E-state index contributed by atoms with van der Waals surface area (Å²) in [4.78, 5) is 0. The van der Waals surface area contributed by atoms with Gasteiger partial charge in [0.05, 0.1) is 17.7 Å². The number of hydrogen-bond acceptors (Lipinski definition) is 3. The van der Waals surface area contributed by atoms with Crippen molar-refractivity contribution in [1.82, 2.24) is 5.32 Å². The lowest BCUT2D eigenvalue weighted by atomic mass is 10.1. The van der Waals surface area contributed by atoms with Gasteiger partial charge in [0.15, 0.2) is 0 Å². The van der Waals surface area contributed by atoms with Gasteiger partial charge in [-0.15, -0.1) is 0 Å². The summed E-state index contributed by atoms with van der Waals surface area (Å²) in [6, 6.07) is 6.54. The molecule has 0 amide bonds. The number of unbranched alkanes of at least 4 members (excludes halogenated alkanes) is 1. The van der Waals surface area contributed by atoms with E-state index in [9.17, 15) is 0 Å². The summed E-state index contributed by atoms with van der Waals surface area (Å²) < 4.78 is 11.8. The minimum absolute atomic E-state index is 0.332. The molecule has 0 fully saturated rings. The first kappa shape index (κ1) is 17.5. The van der Waals surface area contributed by atoms with Crippen LogP contribution in [0.15, 0.2) is 22.7 Å². The van der Waals surface area contributed by atoms with Crippen molar-refractivity contribution < 1.29 is 9.47 Å². The Hall–Kier alpha value is -0.580. The zero-order valence-electron chi connectivity index (χ0n) is 12.9. The van der Waals surface area contributed by atoms with E-state index in [0.717, 1.165) is 36.2 Å². The molecular formula is C16H26BrNO2. The number of nitrogens with one attached hydrogen (secondary N) is 1. The minimum Gasteiger partial charge on any atom is -0.496 e. The largest absolute Gasteiger partial charge is 0.496 e. The molecule has 0 saturated heterocycles. The SMILES string of the molecule is COc1ccc(C(C)NCCCCOC(C)C)cc1Br. The van der Waals surface area contributed by atoms with E-state index < -0.39 is 0 Å². The Bertz CT molecular complexity index is 396. The molecule has 1 aromatic rings. The maximum absolute atomic E-state index is 5.53. The highest BCUT2D eigenvalue weighted by atomic mass is 79.9. The number of ether oxygens (including phenoxy) is 2. The van der Waals surface area contributed by atoms with E-state index in [1.165, 1.54) is 5.56 Å². The second-order valence-corrected chi connectivity index (χ2v) is 6.05. The van der Waals surface area contributed by atoms with Crippen molar-refractivity contribution in [1.29, 1.82) is 0 Å². The highest BCUT2D eigenvalue weighted by molar-refractivity contribution is 9.10. The molecule has 1 N–H and O–H groups in total. The second kappa shape index (κ2) is 9.37. The Morgan fingerprint density at radius 3 is 2.55 bits per heavy atom. The Labute approximate surface area is 131 Å². The van der Waals surface area contributed by atoms with Gasteiger partial charge in [0, 0.05) is 12.6 Å². The van der Waals surface area contributed by atoms with Gasteiger partial charge in [-0.3, -0.25) is 0 Å². The average Bonchev–Trinajstić information content (AvgIpc) is 2.42. The van der Waals surface area contributed by atoms with Crippen molar-refractivity contribution in [3.63, 3.8) is 0 Å². The van der Waals surface area contributed by atoms with Crippen LogP contribution in [-0.2, 0) is 4.74 Å². The van der Waals surface area contributed by atoms with Gasteiger partial charge in [-0.2, -0.15) is 0 Å². The van der Waals surface area contributed by atoms with Crippen molar-refractivity contribution in [2.45, 2.75) is 45.8 Å². The first-order valence-corrected chi connectivity index (χ1v) is 8.02. The summed E-state index contributed by atoms with van der Waals surface area (Å²) in [7, 11) is 1.68. The molecule has 1 atom stereocenters. The third-order valence-corrected chi connectivity index (χ3v) is 3.77. The monoisotopic (exact) mass is 343 g/mol. The van der Waals surface area contributed by atoms with Crippen molar-refractivity contribution in [2.75, 3.05) is 20.3 Å². The van der Waals surface area contributed by atoms with Gasteiger partial charge in [-0.05, 0) is 73.8 Å². The quantitative estimate of drug-likeness (QED) is 0.677. The maximum atomic E-state index is 5.53. The normalized spacial score (nSPS) is 12.7. The molecule has 114 valence electrons. The molecule has 1 unspecified atom stereocenters. The number of hydrogen-bond donors (Lipinski definition) is 1. The average molecular weight is 344 g/mol.